The fourth-order valence-electron chi connectivity index (χ4n) is 2.80. The molecule has 5 heteroatoms. The van der Waals surface area contributed by atoms with E-state index in [2.05, 4.69) is 17.9 Å². The van der Waals surface area contributed by atoms with Crippen molar-refractivity contribution in [3.8, 4) is 0 Å². The molecule has 1 aliphatic heterocycles. The van der Waals surface area contributed by atoms with E-state index < -0.39 is 5.60 Å². The van der Waals surface area contributed by atoms with Crippen LogP contribution in [0.3, 0.4) is 0 Å². The Morgan fingerprint density at radius 3 is 2.04 bits per heavy atom. The maximum atomic E-state index is 12.2. The maximum absolute atomic E-state index is 12.2. The van der Waals surface area contributed by atoms with Crippen molar-refractivity contribution in [2.45, 2.75) is 47.1 Å². The third kappa shape index (κ3) is 4.28. The van der Waals surface area contributed by atoms with Crippen molar-refractivity contribution in [2.24, 2.45) is 0 Å². The van der Waals surface area contributed by atoms with Gasteiger partial charge in [-0.05, 0) is 64.8 Å². The molecule has 0 aromatic heterocycles. The SMILES string of the molecule is CC(=O)c1cc(C)c(C)cc1N1CCN(C(=O)OC(C)(C)C)CC1. The van der Waals surface area contributed by atoms with E-state index in [0.29, 0.717) is 26.2 Å². The number of benzene rings is 1. The lowest BCUT2D eigenvalue weighted by atomic mass is 10.0. The number of hydrogen-bond acceptors (Lipinski definition) is 4. The molecule has 0 atom stereocenters. The molecule has 1 heterocycles. The van der Waals surface area contributed by atoms with Gasteiger partial charge < -0.3 is 14.5 Å². The standard InChI is InChI=1S/C19H28N2O3/c1-13-11-16(15(3)22)17(12-14(13)2)20-7-9-21(10-8-20)18(23)24-19(4,5)6/h11-12H,7-10H2,1-6H3. The van der Waals surface area contributed by atoms with Crippen LogP contribution < -0.4 is 4.90 Å². The monoisotopic (exact) mass is 332 g/mol. The Bertz CT molecular complexity index is 639. The second kappa shape index (κ2) is 6.83. The van der Waals surface area contributed by atoms with Crippen LogP contribution >= 0.6 is 0 Å². The van der Waals surface area contributed by atoms with Crippen molar-refractivity contribution >= 4 is 17.6 Å². The number of nitrogens with zero attached hydrogens (tertiary/aromatic N) is 2. The van der Waals surface area contributed by atoms with E-state index in [1.54, 1.807) is 11.8 Å². The molecule has 1 aromatic rings. The number of Topliss-reactive ketones (excluding diaryl/α,β-unsaturated/α-hetero) is 1. The van der Waals surface area contributed by atoms with Crippen molar-refractivity contribution in [1.82, 2.24) is 4.90 Å². The zero-order chi connectivity index (χ0) is 18.1. The summed E-state index contributed by atoms with van der Waals surface area (Å²) in [6, 6.07) is 4.04. The van der Waals surface area contributed by atoms with Gasteiger partial charge in [0.15, 0.2) is 5.78 Å². The normalized spacial score (nSPS) is 15.4. The summed E-state index contributed by atoms with van der Waals surface area (Å²) in [6.45, 7) is 13.9. The van der Waals surface area contributed by atoms with Gasteiger partial charge in [-0.2, -0.15) is 0 Å². The first-order valence-corrected chi connectivity index (χ1v) is 8.43. The van der Waals surface area contributed by atoms with Gasteiger partial charge in [0.1, 0.15) is 5.60 Å². The number of hydrogen-bond donors (Lipinski definition) is 0. The van der Waals surface area contributed by atoms with Crippen LogP contribution in [0.1, 0.15) is 49.2 Å². The van der Waals surface area contributed by atoms with Crippen LogP contribution in [0, 0.1) is 13.8 Å². The fraction of sp³-hybridized carbons (Fsp3) is 0.579. The van der Waals surface area contributed by atoms with Crippen molar-refractivity contribution in [2.75, 3.05) is 31.1 Å². The Morgan fingerprint density at radius 2 is 1.54 bits per heavy atom. The van der Waals surface area contributed by atoms with E-state index in [4.69, 9.17) is 4.74 Å². The number of ketones is 1. The quantitative estimate of drug-likeness (QED) is 0.777. The van der Waals surface area contributed by atoms with Crippen LogP contribution in [0.5, 0.6) is 0 Å². The summed E-state index contributed by atoms with van der Waals surface area (Å²) in [5.74, 6) is 0.0719. The van der Waals surface area contributed by atoms with Gasteiger partial charge in [-0.1, -0.05) is 0 Å². The molecule has 0 unspecified atom stereocenters. The van der Waals surface area contributed by atoms with E-state index >= 15 is 0 Å². The molecular formula is C19H28N2O3. The van der Waals surface area contributed by atoms with E-state index in [1.165, 1.54) is 5.56 Å². The van der Waals surface area contributed by atoms with Crippen LogP contribution in [0.2, 0.25) is 0 Å². The number of piperazine rings is 1. The molecule has 24 heavy (non-hydrogen) atoms. The molecule has 5 nitrogen and oxygen atoms in total. The lowest BCUT2D eigenvalue weighted by Gasteiger charge is -2.37. The predicted molar refractivity (Wildman–Crippen MR) is 95.9 cm³/mol. The average Bonchev–Trinajstić information content (AvgIpc) is 2.48. The second-order valence-corrected chi connectivity index (χ2v) is 7.46. The maximum Gasteiger partial charge on any atom is 0.410 e. The van der Waals surface area contributed by atoms with E-state index in [9.17, 15) is 9.59 Å². The number of aryl methyl sites for hydroxylation is 2. The molecule has 0 bridgehead atoms. The van der Waals surface area contributed by atoms with Crippen LogP contribution in [-0.4, -0.2) is 48.6 Å². The molecule has 1 amide bonds. The predicted octanol–water partition coefficient (Wildman–Crippen LogP) is 3.56. The molecule has 132 valence electrons. The van der Waals surface area contributed by atoms with Crippen molar-refractivity contribution in [3.05, 3.63) is 28.8 Å². The zero-order valence-corrected chi connectivity index (χ0v) is 15.6. The Hall–Kier alpha value is -2.04. The van der Waals surface area contributed by atoms with Gasteiger partial charge in [0.05, 0.1) is 0 Å². The zero-order valence-electron chi connectivity index (χ0n) is 15.6. The van der Waals surface area contributed by atoms with E-state index in [1.807, 2.05) is 33.8 Å². The van der Waals surface area contributed by atoms with Crippen molar-refractivity contribution < 1.29 is 14.3 Å². The first-order chi connectivity index (χ1) is 11.1. The second-order valence-electron chi connectivity index (χ2n) is 7.46. The molecule has 1 aromatic carbocycles. The summed E-state index contributed by atoms with van der Waals surface area (Å²) in [5, 5.41) is 0. The molecule has 0 aliphatic carbocycles. The van der Waals surface area contributed by atoms with Crippen LogP contribution in [0.4, 0.5) is 10.5 Å². The number of amides is 1. The Labute approximate surface area is 144 Å². The van der Waals surface area contributed by atoms with Crippen molar-refractivity contribution in [3.63, 3.8) is 0 Å². The minimum Gasteiger partial charge on any atom is -0.444 e. The third-order valence-corrected chi connectivity index (χ3v) is 4.26. The molecule has 0 saturated carbocycles. The summed E-state index contributed by atoms with van der Waals surface area (Å²) in [4.78, 5) is 28.1. The summed E-state index contributed by atoms with van der Waals surface area (Å²) >= 11 is 0. The molecule has 0 spiro atoms. The molecule has 2 rings (SSSR count). The van der Waals surface area contributed by atoms with Gasteiger partial charge in [0.25, 0.3) is 0 Å². The van der Waals surface area contributed by atoms with Gasteiger partial charge >= 0.3 is 6.09 Å². The summed E-state index contributed by atoms with van der Waals surface area (Å²) < 4.78 is 5.43. The number of carbonyl (C=O) groups is 2. The summed E-state index contributed by atoms with van der Waals surface area (Å²) in [7, 11) is 0. The summed E-state index contributed by atoms with van der Waals surface area (Å²) in [6.07, 6.45) is -0.269. The van der Waals surface area contributed by atoms with Gasteiger partial charge in [-0.25, -0.2) is 4.79 Å². The highest BCUT2D eigenvalue weighted by Crippen LogP contribution is 2.26. The van der Waals surface area contributed by atoms with Gasteiger partial charge in [0.2, 0.25) is 0 Å². The van der Waals surface area contributed by atoms with Gasteiger partial charge in [-0.15, -0.1) is 0 Å². The first-order valence-electron chi connectivity index (χ1n) is 8.43. The van der Waals surface area contributed by atoms with E-state index in [-0.39, 0.29) is 11.9 Å². The van der Waals surface area contributed by atoms with Gasteiger partial charge in [0, 0.05) is 37.4 Å². The Balaban J connectivity index is 2.11. The number of anilines is 1. The largest absolute Gasteiger partial charge is 0.444 e. The topological polar surface area (TPSA) is 49.9 Å². The Kier molecular flexibility index (Phi) is 5.21. The van der Waals surface area contributed by atoms with Crippen molar-refractivity contribution in [1.29, 1.82) is 0 Å². The number of rotatable bonds is 2. The van der Waals surface area contributed by atoms with Crippen LogP contribution in [-0.2, 0) is 4.74 Å². The smallest absolute Gasteiger partial charge is 0.410 e. The molecule has 1 fully saturated rings. The summed E-state index contributed by atoms with van der Waals surface area (Å²) in [5.41, 5.74) is 3.53. The van der Waals surface area contributed by atoms with Crippen LogP contribution in [0.15, 0.2) is 12.1 Å². The van der Waals surface area contributed by atoms with E-state index in [0.717, 1.165) is 16.8 Å². The number of carbonyl (C=O) groups excluding carboxylic acids is 2. The highest BCUT2D eigenvalue weighted by molar-refractivity contribution is 6.00. The Morgan fingerprint density at radius 1 is 1.00 bits per heavy atom. The lowest BCUT2D eigenvalue weighted by Crippen LogP contribution is -2.50. The molecule has 1 aliphatic rings. The minimum atomic E-state index is -0.482. The molecule has 1 saturated heterocycles. The van der Waals surface area contributed by atoms with Gasteiger partial charge in [-0.3, -0.25) is 4.79 Å². The third-order valence-electron chi connectivity index (χ3n) is 4.26. The highest BCUT2D eigenvalue weighted by atomic mass is 16.6. The first kappa shape index (κ1) is 18.3. The molecule has 0 radical (unpaired) electrons. The van der Waals surface area contributed by atoms with Crippen LogP contribution in [0.25, 0.3) is 0 Å². The molecular weight excluding hydrogens is 304 g/mol. The minimum absolute atomic E-state index is 0.0719. The fourth-order valence-corrected chi connectivity index (χ4v) is 2.80. The highest BCUT2D eigenvalue weighted by Gasteiger charge is 2.27. The molecule has 0 N–H and O–H groups in total. The lowest BCUT2D eigenvalue weighted by molar-refractivity contribution is 0.0240. The number of ether oxygens (including phenoxy) is 1. The average molecular weight is 332 g/mol.